The summed E-state index contributed by atoms with van der Waals surface area (Å²) >= 11 is 0. The summed E-state index contributed by atoms with van der Waals surface area (Å²) in [7, 11) is 0.249. The van der Waals surface area contributed by atoms with Crippen molar-refractivity contribution in [3.05, 3.63) is 11.4 Å². The Morgan fingerprint density at radius 3 is 2.08 bits per heavy atom. The van der Waals surface area contributed by atoms with E-state index in [0.717, 1.165) is 0 Å². The molecule has 1 aliphatic heterocycles. The lowest BCUT2D eigenvalue weighted by molar-refractivity contribution is 0.583. The number of hydrogen-bond donors (Lipinski definition) is 0. The molecule has 1 atom stereocenters. The maximum absolute atomic E-state index is 2.57. The monoisotopic (exact) mass is 184 g/mol. The first-order chi connectivity index (χ1) is 5.75. The molecular weight excluding hydrogens is 163 g/mol. The van der Waals surface area contributed by atoms with Crippen LogP contribution < -0.4 is 0 Å². The maximum Gasteiger partial charge on any atom is 0.0146 e. The van der Waals surface area contributed by atoms with E-state index < -0.39 is 0 Å². The summed E-state index contributed by atoms with van der Waals surface area (Å²) in [6.45, 7) is 9.36. The minimum Gasteiger partial charge on any atom is -0.0730 e. The first kappa shape index (κ1) is 10.3. The summed E-state index contributed by atoms with van der Waals surface area (Å²) < 4.78 is 0. The zero-order chi connectivity index (χ0) is 9.19. The first-order valence-corrected chi connectivity index (χ1v) is 6.82. The van der Waals surface area contributed by atoms with Crippen molar-refractivity contribution in [1.29, 1.82) is 0 Å². The molecule has 12 heavy (non-hydrogen) atoms. The van der Waals surface area contributed by atoms with E-state index in [0.29, 0.717) is 5.16 Å². The third-order valence-corrected chi connectivity index (χ3v) is 6.67. The van der Waals surface area contributed by atoms with Gasteiger partial charge in [0.25, 0.3) is 0 Å². The van der Waals surface area contributed by atoms with Crippen LogP contribution in [0, 0.1) is 0 Å². The van der Waals surface area contributed by atoms with Crippen molar-refractivity contribution in [3.8, 4) is 0 Å². The first-order valence-electron chi connectivity index (χ1n) is 5.23. The van der Waals surface area contributed by atoms with Crippen molar-refractivity contribution in [2.45, 2.75) is 52.1 Å². The lowest BCUT2D eigenvalue weighted by Crippen LogP contribution is -2.33. The number of rotatable bonds is 4. The van der Waals surface area contributed by atoms with Gasteiger partial charge in [0.15, 0.2) is 0 Å². The van der Waals surface area contributed by atoms with Crippen molar-refractivity contribution in [3.63, 3.8) is 0 Å². The molecule has 0 aromatic rings. The molecule has 1 unspecified atom stereocenters. The van der Waals surface area contributed by atoms with Crippen LogP contribution in [0.3, 0.4) is 0 Å². The van der Waals surface area contributed by atoms with Crippen molar-refractivity contribution in [2.24, 2.45) is 0 Å². The largest absolute Gasteiger partial charge is 0.0730 e. The van der Waals surface area contributed by atoms with E-state index in [4.69, 9.17) is 0 Å². The molecule has 0 bridgehead atoms. The smallest absolute Gasteiger partial charge is 0.0146 e. The maximum atomic E-state index is 2.57. The molecular formula is C11H21P. The lowest BCUT2D eigenvalue weighted by Gasteiger charge is -2.48. The van der Waals surface area contributed by atoms with Gasteiger partial charge in [-0.1, -0.05) is 47.0 Å². The average Bonchev–Trinajstić information content (AvgIpc) is 2.07. The highest BCUT2D eigenvalue weighted by atomic mass is 31.1. The highest BCUT2D eigenvalue weighted by Gasteiger charge is 2.42. The van der Waals surface area contributed by atoms with Crippen LogP contribution in [0.2, 0.25) is 0 Å². The molecule has 1 heterocycles. The second-order valence-corrected chi connectivity index (χ2v) is 6.22. The van der Waals surface area contributed by atoms with Crippen molar-refractivity contribution in [1.82, 2.24) is 0 Å². The van der Waals surface area contributed by atoms with E-state index in [1.54, 1.807) is 5.57 Å². The molecule has 1 heteroatoms. The predicted octanol–water partition coefficient (Wildman–Crippen LogP) is 4.35. The molecule has 0 amide bonds. The van der Waals surface area contributed by atoms with Gasteiger partial charge in [0, 0.05) is 5.16 Å². The van der Waals surface area contributed by atoms with Crippen LogP contribution in [-0.2, 0) is 0 Å². The molecule has 0 radical (unpaired) electrons. The molecule has 0 N–H and O–H groups in total. The van der Waals surface area contributed by atoms with Gasteiger partial charge in [-0.25, -0.2) is 0 Å². The van der Waals surface area contributed by atoms with Gasteiger partial charge in [-0.2, -0.15) is 0 Å². The Hall–Kier alpha value is 0.170. The van der Waals surface area contributed by atoms with Crippen LogP contribution >= 0.6 is 7.92 Å². The average molecular weight is 184 g/mol. The molecule has 0 saturated heterocycles. The summed E-state index contributed by atoms with van der Waals surface area (Å²) in [5.74, 6) is 2.57. The van der Waals surface area contributed by atoms with Gasteiger partial charge < -0.3 is 0 Å². The van der Waals surface area contributed by atoms with Gasteiger partial charge in [0.2, 0.25) is 0 Å². The molecule has 0 nitrogen and oxygen atoms in total. The van der Waals surface area contributed by atoms with Crippen LogP contribution in [-0.4, -0.2) is 11.3 Å². The van der Waals surface area contributed by atoms with Crippen molar-refractivity contribution >= 4 is 7.92 Å². The quantitative estimate of drug-likeness (QED) is 0.570. The Kier molecular flexibility index (Phi) is 3.35. The Morgan fingerprint density at radius 2 is 1.75 bits per heavy atom. The highest BCUT2D eigenvalue weighted by Crippen LogP contribution is 2.67. The van der Waals surface area contributed by atoms with Gasteiger partial charge in [0.05, 0.1) is 0 Å². The summed E-state index contributed by atoms with van der Waals surface area (Å²) in [5.41, 5.74) is 1.75. The topological polar surface area (TPSA) is 0 Å². The van der Waals surface area contributed by atoms with E-state index >= 15 is 0 Å². The van der Waals surface area contributed by atoms with E-state index in [9.17, 15) is 0 Å². The zero-order valence-electron chi connectivity index (χ0n) is 8.85. The fourth-order valence-electron chi connectivity index (χ4n) is 2.47. The molecule has 0 aromatic carbocycles. The van der Waals surface area contributed by atoms with E-state index in [-0.39, 0.29) is 7.92 Å². The highest BCUT2D eigenvalue weighted by molar-refractivity contribution is 7.64. The Morgan fingerprint density at radius 1 is 1.17 bits per heavy atom. The van der Waals surface area contributed by atoms with Gasteiger partial charge in [-0.15, -0.1) is 0 Å². The van der Waals surface area contributed by atoms with Gasteiger partial charge in [-0.05, 0) is 25.4 Å². The van der Waals surface area contributed by atoms with Crippen molar-refractivity contribution in [2.75, 3.05) is 6.16 Å². The SMILES string of the molecule is CCC1=CP(CC)C1(CC)CC. The molecule has 0 aromatic heterocycles. The van der Waals surface area contributed by atoms with Crippen molar-refractivity contribution < 1.29 is 0 Å². The molecule has 0 fully saturated rings. The fraction of sp³-hybridized carbons (Fsp3) is 0.818. The van der Waals surface area contributed by atoms with Crippen LogP contribution in [0.1, 0.15) is 47.0 Å². The summed E-state index contributed by atoms with van der Waals surface area (Å²) in [6, 6.07) is 0. The van der Waals surface area contributed by atoms with Crippen LogP contribution in [0.25, 0.3) is 0 Å². The zero-order valence-corrected chi connectivity index (χ0v) is 9.75. The second kappa shape index (κ2) is 3.92. The van der Waals surface area contributed by atoms with Crippen LogP contribution in [0.4, 0.5) is 0 Å². The molecule has 0 aliphatic carbocycles. The Balaban J connectivity index is 2.79. The summed E-state index contributed by atoms with van der Waals surface area (Å²) in [4.78, 5) is 0. The number of hydrogen-bond acceptors (Lipinski definition) is 0. The molecule has 0 spiro atoms. The normalized spacial score (nSPS) is 26.3. The summed E-state index contributed by atoms with van der Waals surface area (Å²) in [6.07, 6.45) is 5.40. The molecule has 1 aliphatic rings. The molecule has 1 rings (SSSR count). The van der Waals surface area contributed by atoms with E-state index in [2.05, 4.69) is 33.5 Å². The Bertz CT molecular complexity index is 177. The Labute approximate surface area is 78.2 Å². The molecule has 70 valence electrons. The van der Waals surface area contributed by atoms with Gasteiger partial charge in [-0.3, -0.25) is 0 Å². The van der Waals surface area contributed by atoms with Crippen LogP contribution in [0.5, 0.6) is 0 Å². The number of allylic oxidation sites excluding steroid dienone is 1. The lowest BCUT2D eigenvalue weighted by atomic mass is 9.91. The summed E-state index contributed by atoms with van der Waals surface area (Å²) in [5, 5.41) is 0.666. The third kappa shape index (κ3) is 1.25. The minimum absolute atomic E-state index is 0.249. The molecule has 0 saturated carbocycles. The van der Waals surface area contributed by atoms with Gasteiger partial charge >= 0.3 is 0 Å². The fourth-order valence-corrected chi connectivity index (χ4v) is 5.52. The van der Waals surface area contributed by atoms with Crippen LogP contribution in [0.15, 0.2) is 11.4 Å². The third-order valence-electron chi connectivity index (χ3n) is 3.35. The van der Waals surface area contributed by atoms with E-state index in [1.807, 2.05) is 0 Å². The van der Waals surface area contributed by atoms with E-state index in [1.165, 1.54) is 25.4 Å². The minimum atomic E-state index is 0.249. The second-order valence-electron chi connectivity index (χ2n) is 3.53. The van der Waals surface area contributed by atoms with Gasteiger partial charge in [0.1, 0.15) is 0 Å². The standard InChI is InChI=1S/C11H21P/c1-5-10-9-12(8-4)11(10,6-2)7-3/h9H,5-8H2,1-4H3. The predicted molar refractivity (Wildman–Crippen MR) is 59.1 cm³/mol.